The molecule has 0 bridgehead atoms. The van der Waals surface area contributed by atoms with Gasteiger partial charge in [0, 0.05) is 0 Å². The Morgan fingerprint density at radius 2 is 2.45 bits per heavy atom. The summed E-state index contributed by atoms with van der Waals surface area (Å²) in [5, 5.41) is 3.59. The third-order valence-corrected chi connectivity index (χ3v) is 4.14. The van der Waals surface area contributed by atoms with E-state index in [4.69, 9.17) is 0 Å². The van der Waals surface area contributed by atoms with Gasteiger partial charge < -0.3 is 0 Å². The Bertz CT molecular complexity index is 453. The molecule has 0 N–H and O–H groups in total. The summed E-state index contributed by atoms with van der Waals surface area (Å²) in [4.78, 5) is 1.51. The monoisotopic (exact) mass is 176 g/mol. The molecule has 1 aromatic rings. The van der Waals surface area contributed by atoms with Gasteiger partial charge in [0.25, 0.3) is 0 Å². The molecule has 0 aliphatic carbocycles. The van der Waals surface area contributed by atoms with Gasteiger partial charge in [-0.3, -0.25) is 0 Å². The Balaban J connectivity index is 2.55. The summed E-state index contributed by atoms with van der Waals surface area (Å²) >= 11 is 3.82. The van der Waals surface area contributed by atoms with Gasteiger partial charge in [-0.25, -0.2) is 0 Å². The van der Waals surface area contributed by atoms with E-state index >= 15 is 0 Å². The molecule has 2 aliphatic heterocycles. The zero-order chi connectivity index (χ0) is 7.26. The molecule has 0 atom stereocenters. The predicted molar refractivity (Wildman–Crippen MR) is 52.5 cm³/mol. The van der Waals surface area contributed by atoms with E-state index in [9.17, 15) is 0 Å². The van der Waals surface area contributed by atoms with Crippen molar-refractivity contribution in [3.63, 3.8) is 0 Å². The average Bonchev–Trinajstić information content (AvgIpc) is 2.52. The fraction of sp³-hybridized carbons (Fsp3) is 0.125. The van der Waals surface area contributed by atoms with Gasteiger partial charge in [-0.1, -0.05) is 0 Å². The molecular weight excluding hydrogens is 171 g/mol. The Labute approximate surface area is 73.5 Å². The molecule has 11 heavy (non-hydrogen) atoms. The Hall–Kier alpha value is -0.275. The molecule has 0 saturated carbocycles. The number of rotatable bonds is 0. The molecule has 2 aliphatic rings. The van der Waals surface area contributed by atoms with Gasteiger partial charge in [0.2, 0.25) is 0 Å². The quantitative estimate of drug-likeness (QED) is 0.539. The maximum atomic E-state index is 2.31. The molecule has 0 saturated heterocycles. The van der Waals surface area contributed by atoms with E-state index in [-0.39, 0.29) is 0 Å². The minimum atomic E-state index is 1.17. The van der Waals surface area contributed by atoms with E-state index in [1.807, 2.05) is 23.1 Å². The van der Waals surface area contributed by atoms with Crippen LogP contribution < -0.4 is 4.53 Å². The number of thiophene rings is 1. The van der Waals surface area contributed by atoms with Gasteiger partial charge in [-0.2, -0.15) is 0 Å². The summed E-state index contributed by atoms with van der Waals surface area (Å²) < 4.78 is 1.48. The fourth-order valence-electron chi connectivity index (χ4n) is 1.50. The number of hydrogen-bond acceptors (Lipinski definition) is 2. The third kappa shape index (κ3) is 0.755. The summed E-state index contributed by atoms with van der Waals surface area (Å²) in [6.07, 6.45) is 2.31. The van der Waals surface area contributed by atoms with Gasteiger partial charge in [0.15, 0.2) is 0 Å². The summed E-state index contributed by atoms with van der Waals surface area (Å²) in [7, 11) is 0. The topological polar surface area (TPSA) is 0 Å². The van der Waals surface area contributed by atoms with Crippen molar-refractivity contribution in [2.24, 2.45) is 0 Å². The van der Waals surface area contributed by atoms with Crippen molar-refractivity contribution in [2.75, 3.05) is 5.75 Å². The number of fused-ring (bicyclic) bond motifs is 2. The van der Waals surface area contributed by atoms with Crippen LogP contribution in [0.25, 0.3) is 4.91 Å². The van der Waals surface area contributed by atoms with Crippen LogP contribution in [0.5, 0.6) is 0 Å². The van der Waals surface area contributed by atoms with E-state index in [2.05, 4.69) is 24.4 Å². The van der Waals surface area contributed by atoms with Crippen LogP contribution in [0, 0.1) is 5.11 Å². The second kappa shape index (κ2) is 2.11. The van der Waals surface area contributed by atoms with E-state index in [0.717, 1.165) is 0 Å². The molecule has 0 radical (unpaired) electrons. The van der Waals surface area contributed by atoms with E-state index in [1.165, 1.54) is 25.8 Å². The predicted octanol–water partition coefficient (Wildman–Crippen LogP) is 1.46. The SMILES string of the molecule is B1=c2ccsc2=C2SCC=C12. The van der Waals surface area contributed by atoms with Crippen molar-refractivity contribution < 1.29 is 0 Å². The molecular formula is C8H5BS2. The van der Waals surface area contributed by atoms with E-state index < -0.39 is 0 Å². The van der Waals surface area contributed by atoms with Gasteiger partial charge >= 0.3 is 73.3 Å². The second-order valence-electron chi connectivity index (χ2n) is 2.65. The molecule has 0 nitrogen and oxygen atoms in total. The molecule has 0 unspecified atom stereocenters. The molecule has 3 heteroatoms. The minimum absolute atomic E-state index is 1.17. The first kappa shape index (κ1) is 6.26. The summed E-state index contributed by atoms with van der Waals surface area (Å²) in [5.41, 5.74) is 1.46. The number of thioether (sulfide) groups is 1. The second-order valence-corrected chi connectivity index (χ2v) is 4.60. The summed E-state index contributed by atoms with van der Waals surface area (Å²) in [6.45, 7) is 2.29. The van der Waals surface area contributed by atoms with Gasteiger partial charge in [-0.05, 0) is 0 Å². The fourth-order valence-corrected chi connectivity index (χ4v) is 3.64. The molecule has 1 aromatic heterocycles. The average molecular weight is 176 g/mol. The standard InChI is InChI=1S/C8H5BS2/c1-3-10-7-5(1)9-6-2-4-11-8(6)7/h1-3H,4H2. The maximum absolute atomic E-state index is 2.31. The van der Waals surface area contributed by atoms with Crippen LogP contribution in [0.2, 0.25) is 0 Å². The van der Waals surface area contributed by atoms with Crippen molar-refractivity contribution in [3.05, 3.63) is 32.6 Å². The zero-order valence-electron chi connectivity index (χ0n) is 5.83. The molecule has 3 rings (SSSR count). The van der Waals surface area contributed by atoms with Crippen LogP contribution in [0.1, 0.15) is 0 Å². The van der Waals surface area contributed by atoms with Gasteiger partial charge in [0.05, 0.1) is 0 Å². The Kier molecular flexibility index (Phi) is 1.20. The van der Waals surface area contributed by atoms with E-state index in [1.54, 1.807) is 0 Å². The molecule has 3 heterocycles. The van der Waals surface area contributed by atoms with Crippen LogP contribution in [-0.4, -0.2) is 12.7 Å². The van der Waals surface area contributed by atoms with Crippen LogP contribution in [0.3, 0.4) is 0 Å². The first-order chi connectivity index (χ1) is 5.45. The Morgan fingerprint density at radius 3 is 3.45 bits per heavy atom. The Morgan fingerprint density at radius 1 is 1.45 bits per heavy atom. The number of hydrogen-bond donors (Lipinski definition) is 0. The summed E-state index contributed by atoms with van der Waals surface area (Å²) in [6, 6.07) is 2.20. The normalized spacial score (nSPS) is 18.5. The molecule has 0 amide bonds. The van der Waals surface area contributed by atoms with Gasteiger partial charge in [-0.15, -0.1) is 0 Å². The first-order valence-corrected chi connectivity index (χ1v) is 5.44. The summed E-state index contributed by atoms with van der Waals surface area (Å²) in [5.74, 6) is 1.17. The van der Waals surface area contributed by atoms with Crippen molar-refractivity contribution in [1.82, 2.24) is 0 Å². The molecule has 0 spiro atoms. The van der Waals surface area contributed by atoms with Crippen molar-refractivity contribution in [2.45, 2.75) is 0 Å². The molecule has 52 valence electrons. The van der Waals surface area contributed by atoms with Gasteiger partial charge in [0.1, 0.15) is 0 Å². The zero-order valence-corrected chi connectivity index (χ0v) is 7.47. The van der Waals surface area contributed by atoms with Crippen LogP contribution >= 0.6 is 23.1 Å². The van der Waals surface area contributed by atoms with Crippen LogP contribution in [0.4, 0.5) is 0 Å². The molecule has 0 aromatic carbocycles. The van der Waals surface area contributed by atoms with Crippen LogP contribution in [0.15, 0.2) is 23.0 Å². The van der Waals surface area contributed by atoms with Crippen molar-refractivity contribution in [3.8, 4) is 0 Å². The van der Waals surface area contributed by atoms with E-state index in [0.29, 0.717) is 0 Å². The molecule has 0 fully saturated rings. The first-order valence-electron chi connectivity index (χ1n) is 3.58. The van der Waals surface area contributed by atoms with Crippen molar-refractivity contribution >= 4 is 34.9 Å². The van der Waals surface area contributed by atoms with Crippen molar-refractivity contribution in [1.29, 1.82) is 0 Å². The van der Waals surface area contributed by atoms with Crippen LogP contribution in [-0.2, 0) is 0 Å². The third-order valence-electron chi connectivity index (χ3n) is 2.01.